The molecule has 0 spiro atoms. The lowest BCUT2D eigenvalue weighted by Gasteiger charge is -2.18. The Hall–Kier alpha value is -3.95. The average Bonchev–Trinajstić information content (AvgIpc) is 3.43. The number of methoxy groups -OCH3 is 2. The molecule has 2 aromatic carbocycles. The second kappa shape index (κ2) is 8.89. The van der Waals surface area contributed by atoms with Crippen molar-refractivity contribution >= 4 is 16.9 Å². The Labute approximate surface area is 188 Å². The van der Waals surface area contributed by atoms with Crippen LogP contribution in [-0.4, -0.2) is 51.9 Å². The molecule has 33 heavy (non-hydrogen) atoms. The van der Waals surface area contributed by atoms with Crippen LogP contribution in [0.4, 0.5) is 8.78 Å². The number of alkyl halides is 2. The number of hydrogen-bond acceptors (Lipinski definition) is 5. The van der Waals surface area contributed by atoms with Crippen LogP contribution >= 0.6 is 0 Å². The SMILES string of the molecule is COc1cc(-n2cnc3cc(-c4cnn(C)c4)ccc32)cc(OC)c1C(=O)NC(C)C(F)F. The molecule has 4 rings (SSSR count). The normalized spacial score (nSPS) is 12.2. The van der Waals surface area contributed by atoms with Gasteiger partial charge in [-0.3, -0.25) is 14.0 Å². The standard InChI is InChI=1S/C23H23F2N5O3/c1-13(22(24)25)28-23(31)21-19(32-3)8-16(9-20(21)33-4)30-12-26-17-7-14(5-6-18(17)30)15-10-27-29(2)11-15/h5-13,22H,1-4H3,(H,28,31). The van der Waals surface area contributed by atoms with Crippen LogP contribution in [0, 0.1) is 0 Å². The number of nitrogens with one attached hydrogen (secondary N) is 1. The van der Waals surface area contributed by atoms with Crippen LogP contribution in [0.2, 0.25) is 0 Å². The molecule has 0 aliphatic rings. The number of aromatic nitrogens is 4. The number of halogens is 2. The van der Waals surface area contributed by atoms with Gasteiger partial charge in [0.25, 0.3) is 12.3 Å². The van der Waals surface area contributed by atoms with Gasteiger partial charge in [-0.25, -0.2) is 13.8 Å². The van der Waals surface area contributed by atoms with Crippen molar-refractivity contribution in [2.24, 2.45) is 7.05 Å². The predicted octanol–water partition coefficient (Wildman–Crippen LogP) is 3.83. The van der Waals surface area contributed by atoms with Crippen LogP contribution < -0.4 is 14.8 Å². The zero-order valence-electron chi connectivity index (χ0n) is 18.5. The quantitative estimate of drug-likeness (QED) is 0.458. The molecule has 0 aliphatic carbocycles. The Kier molecular flexibility index (Phi) is 5.99. The molecule has 0 aliphatic heterocycles. The van der Waals surface area contributed by atoms with Crippen molar-refractivity contribution in [3.63, 3.8) is 0 Å². The summed E-state index contributed by atoms with van der Waals surface area (Å²) in [6.07, 6.45) is 2.67. The Balaban J connectivity index is 1.75. The van der Waals surface area contributed by atoms with Crippen molar-refractivity contribution in [1.29, 1.82) is 0 Å². The predicted molar refractivity (Wildman–Crippen MR) is 119 cm³/mol. The highest BCUT2D eigenvalue weighted by atomic mass is 19.3. The van der Waals surface area contributed by atoms with Crippen molar-refractivity contribution in [1.82, 2.24) is 24.6 Å². The van der Waals surface area contributed by atoms with E-state index in [0.717, 1.165) is 22.2 Å². The molecule has 0 saturated heterocycles. The Morgan fingerprint density at radius 1 is 1.09 bits per heavy atom. The first-order valence-corrected chi connectivity index (χ1v) is 10.1. The first kappa shape index (κ1) is 22.3. The topological polar surface area (TPSA) is 83.2 Å². The molecule has 4 aromatic rings. The maximum atomic E-state index is 12.9. The molecule has 8 nitrogen and oxygen atoms in total. The number of carbonyl (C=O) groups is 1. The van der Waals surface area contributed by atoms with E-state index in [-0.39, 0.29) is 17.1 Å². The van der Waals surface area contributed by atoms with Crippen LogP contribution in [0.15, 0.2) is 49.1 Å². The monoisotopic (exact) mass is 455 g/mol. The molecule has 0 fully saturated rings. The minimum Gasteiger partial charge on any atom is -0.496 e. The Bertz CT molecular complexity index is 1290. The molecule has 10 heteroatoms. The van der Waals surface area contributed by atoms with Crippen molar-refractivity contribution < 1.29 is 23.0 Å². The van der Waals surface area contributed by atoms with Gasteiger partial charge in [-0.2, -0.15) is 5.10 Å². The van der Waals surface area contributed by atoms with Gasteiger partial charge in [0, 0.05) is 30.9 Å². The minimum atomic E-state index is -2.70. The summed E-state index contributed by atoms with van der Waals surface area (Å²) in [6, 6.07) is 7.83. The van der Waals surface area contributed by atoms with E-state index in [1.54, 1.807) is 29.3 Å². The molecule has 1 N–H and O–H groups in total. The van der Waals surface area contributed by atoms with Gasteiger partial charge in [0.05, 0.1) is 43.2 Å². The molecule has 2 aromatic heterocycles. The second-order valence-electron chi connectivity index (χ2n) is 7.54. The van der Waals surface area contributed by atoms with Crippen LogP contribution in [0.5, 0.6) is 11.5 Å². The van der Waals surface area contributed by atoms with Gasteiger partial charge in [-0.05, 0) is 24.6 Å². The fourth-order valence-electron chi connectivity index (χ4n) is 3.57. The van der Waals surface area contributed by atoms with Gasteiger partial charge in [-0.1, -0.05) is 6.07 Å². The van der Waals surface area contributed by atoms with Gasteiger partial charge in [-0.15, -0.1) is 0 Å². The van der Waals surface area contributed by atoms with Crippen molar-refractivity contribution in [2.75, 3.05) is 14.2 Å². The molecule has 0 bridgehead atoms. The summed E-state index contributed by atoms with van der Waals surface area (Å²) in [6.45, 7) is 1.23. The fraction of sp³-hybridized carbons (Fsp3) is 0.261. The number of carbonyl (C=O) groups excluding carboxylic acids is 1. The number of rotatable bonds is 7. The molecule has 1 unspecified atom stereocenters. The molecule has 2 heterocycles. The lowest BCUT2D eigenvalue weighted by molar-refractivity contribution is 0.0775. The van der Waals surface area contributed by atoms with Gasteiger partial charge < -0.3 is 14.8 Å². The lowest BCUT2D eigenvalue weighted by Crippen LogP contribution is -2.37. The molecule has 172 valence electrons. The smallest absolute Gasteiger partial charge is 0.259 e. The Morgan fingerprint density at radius 3 is 2.36 bits per heavy atom. The summed E-state index contributed by atoms with van der Waals surface area (Å²) >= 11 is 0. The number of benzene rings is 2. The van der Waals surface area contributed by atoms with E-state index in [1.165, 1.54) is 21.1 Å². The van der Waals surface area contributed by atoms with Gasteiger partial charge in [0.2, 0.25) is 0 Å². The summed E-state index contributed by atoms with van der Waals surface area (Å²) in [4.78, 5) is 17.2. The van der Waals surface area contributed by atoms with Crippen molar-refractivity contribution in [3.05, 3.63) is 54.6 Å². The van der Waals surface area contributed by atoms with Crippen molar-refractivity contribution in [3.8, 4) is 28.3 Å². The number of hydrogen-bond donors (Lipinski definition) is 1. The van der Waals surface area contributed by atoms with Gasteiger partial charge in [0.1, 0.15) is 23.4 Å². The average molecular weight is 455 g/mol. The molecule has 1 atom stereocenters. The molecular weight excluding hydrogens is 432 g/mol. The first-order valence-electron chi connectivity index (χ1n) is 10.1. The molecule has 0 radical (unpaired) electrons. The van der Waals surface area contributed by atoms with E-state index in [4.69, 9.17) is 9.47 Å². The molecular formula is C23H23F2N5O3. The maximum Gasteiger partial charge on any atom is 0.259 e. The largest absolute Gasteiger partial charge is 0.496 e. The van der Waals surface area contributed by atoms with E-state index in [1.807, 2.05) is 36.0 Å². The summed E-state index contributed by atoms with van der Waals surface area (Å²) in [5.74, 6) is -0.325. The third-order valence-electron chi connectivity index (χ3n) is 5.32. The highest BCUT2D eigenvalue weighted by Crippen LogP contribution is 2.34. The number of amides is 1. The Morgan fingerprint density at radius 2 is 1.79 bits per heavy atom. The van der Waals surface area contributed by atoms with Gasteiger partial charge >= 0.3 is 0 Å². The summed E-state index contributed by atoms with van der Waals surface area (Å²) < 4.78 is 40.2. The summed E-state index contributed by atoms with van der Waals surface area (Å²) in [5.41, 5.74) is 4.23. The lowest BCUT2D eigenvalue weighted by atomic mass is 10.1. The highest BCUT2D eigenvalue weighted by molar-refractivity contribution is 6.00. The fourth-order valence-corrected chi connectivity index (χ4v) is 3.57. The second-order valence-corrected chi connectivity index (χ2v) is 7.54. The summed E-state index contributed by atoms with van der Waals surface area (Å²) in [7, 11) is 4.66. The van der Waals surface area contributed by atoms with Gasteiger partial charge in [0.15, 0.2) is 0 Å². The third-order valence-corrected chi connectivity index (χ3v) is 5.32. The number of ether oxygens (including phenoxy) is 2. The van der Waals surface area contributed by atoms with E-state index in [9.17, 15) is 13.6 Å². The van der Waals surface area contributed by atoms with Crippen LogP contribution in [0.1, 0.15) is 17.3 Å². The number of fused-ring (bicyclic) bond motifs is 1. The summed E-state index contributed by atoms with van der Waals surface area (Å²) in [5, 5.41) is 6.48. The first-order chi connectivity index (χ1) is 15.8. The zero-order valence-corrected chi connectivity index (χ0v) is 18.5. The van der Waals surface area contributed by atoms with E-state index in [2.05, 4.69) is 15.4 Å². The number of nitrogens with zero attached hydrogens (tertiary/aromatic N) is 4. The highest BCUT2D eigenvalue weighted by Gasteiger charge is 2.25. The zero-order chi connectivity index (χ0) is 23.7. The van der Waals surface area contributed by atoms with E-state index < -0.39 is 18.4 Å². The van der Waals surface area contributed by atoms with E-state index in [0.29, 0.717) is 5.69 Å². The number of aryl methyl sites for hydroxylation is 1. The molecule has 1 amide bonds. The van der Waals surface area contributed by atoms with Crippen LogP contribution in [0.3, 0.4) is 0 Å². The third kappa shape index (κ3) is 4.23. The molecule has 0 saturated carbocycles. The van der Waals surface area contributed by atoms with Crippen molar-refractivity contribution in [2.45, 2.75) is 19.4 Å². The van der Waals surface area contributed by atoms with Crippen LogP contribution in [-0.2, 0) is 7.05 Å². The minimum absolute atomic E-state index is 0.0412. The number of imidazole rings is 1. The van der Waals surface area contributed by atoms with E-state index >= 15 is 0 Å². The maximum absolute atomic E-state index is 12.9. The van der Waals surface area contributed by atoms with Crippen LogP contribution in [0.25, 0.3) is 27.8 Å².